The predicted molar refractivity (Wildman–Crippen MR) is 167 cm³/mol. The molecule has 3 aromatic heterocycles. The fourth-order valence-corrected chi connectivity index (χ4v) is 7.70. The van der Waals surface area contributed by atoms with Gasteiger partial charge in [0.05, 0.1) is 0 Å². The van der Waals surface area contributed by atoms with Gasteiger partial charge in [-0.3, -0.25) is 0 Å². The summed E-state index contributed by atoms with van der Waals surface area (Å²) in [5, 5.41) is 2.52. The van der Waals surface area contributed by atoms with Crippen molar-refractivity contribution in [1.29, 1.82) is 0 Å². The Hall–Kier alpha value is -2.70. The van der Waals surface area contributed by atoms with Crippen molar-refractivity contribution in [2.45, 2.75) is 37.0 Å². The minimum atomic E-state index is -1.79. The number of rotatable bonds is 4. The van der Waals surface area contributed by atoms with E-state index in [4.69, 9.17) is 1.37 Å². The molecule has 0 unspecified atom stereocenters. The van der Waals surface area contributed by atoms with Crippen molar-refractivity contribution in [3.8, 4) is 22.5 Å². The normalized spacial score (nSPS) is 11.9. The SMILES string of the molecule is [2H]C(C)(C)c1ccnc(-c2[c-]ccc3c2sc2ccccc23)c1.[CH3][Ge]([CH3])([CH3])[c]1ccc(-c2[c-]cc(F)cc2)nc1.[Ir]. The van der Waals surface area contributed by atoms with Gasteiger partial charge < -0.3 is 4.98 Å². The van der Waals surface area contributed by atoms with Crippen molar-refractivity contribution in [3.63, 3.8) is 0 Å². The molecule has 6 aromatic rings. The third-order valence-corrected chi connectivity index (χ3v) is 12.1. The number of hydrogen-bond donors (Lipinski definition) is 0. The molecule has 3 aromatic carbocycles. The molecule has 3 heterocycles. The van der Waals surface area contributed by atoms with Crippen LogP contribution >= 0.6 is 11.3 Å². The smallest absolute Gasteiger partial charge is 0 e. The number of aromatic nitrogens is 2. The number of fused-ring (bicyclic) bond motifs is 3. The standard InChI is InChI=1S/C20H16NS.C14H15FGeN.Ir/c1-13(2)14-10-11-21-18(12-14)17-8-5-7-16-15-6-3-4-9-19(15)22-20(16)17;1-16(2,3)13-8-9-14(17-10-13)11-4-6-12(15)7-5-11;/h3-7,9-13H,1-2H3;4,6-10H,1-3H3;/q2*-1;/i13D;;. The van der Waals surface area contributed by atoms with Crippen LogP contribution in [0.2, 0.25) is 17.3 Å². The topological polar surface area (TPSA) is 25.8 Å². The summed E-state index contributed by atoms with van der Waals surface area (Å²) in [4.78, 5) is 8.97. The van der Waals surface area contributed by atoms with Crippen LogP contribution in [0.25, 0.3) is 42.7 Å². The Morgan fingerprint density at radius 2 is 1.70 bits per heavy atom. The van der Waals surface area contributed by atoms with Crippen molar-refractivity contribution in [3.05, 3.63) is 115 Å². The zero-order valence-corrected chi connectivity index (χ0v) is 28.5. The van der Waals surface area contributed by atoms with Crippen molar-refractivity contribution in [2.24, 2.45) is 0 Å². The Bertz CT molecular complexity index is 1770. The molecule has 0 saturated carbocycles. The fraction of sp³-hybridized carbons (Fsp3) is 0.176. The Kier molecular flexibility index (Phi) is 9.27. The number of pyridine rings is 2. The summed E-state index contributed by atoms with van der Waals surface area (Å²) in [5.74, 6) is 6.10. The number of hydrogen-bond acceptors (Lipinski definition) is 3. The fourth-order valence-electron chi connectivity index (χ4n) is 4.32. The quantitative estimate of drug-likeness (QED) is 0.132. The van der Waals surface area contributed by atoms with E-state index in [9.17, 15) is 4.39 Å². The largest absolute Gasteiger partial charge is 0 e. The number of nitrogens with zero attached hydrogens (tertiary/aromatic N) is 2. The molecule has 0 aliphatic carbocycles. The van der Waals surface area contributed by atoms with Crippen LogP contribution in [-0.4, -0.2) is 23.2 Å². The Morgan fingerprint density at radius 1 is 0.900 bits per heavy atom. The van der Waals surface area contributed by atoms with E-state index < -0.39 is 19.2 Å². The van der Waals surface area contributed by atoms with E-state index in [1.165, 1.54) is 36.7 Å². The van der Waals surface area contributed by atoms with Gasteiger partial charge >= 0.3 is 104 Å². The van der Waals surface area contributed by atoms with Gasteiger partial charge in [-0.1, -0.05) is 49.1 Å². The van der Waals surface area contributed by atoms with E-state index in [-0.39, 0.29) is 25.9 Å². The van der Waals surface area contributed by atoms with Crippen molar-refractivity contribution in [1.82, 2.24) is 9.97 Å². The summed E-state index contributed by atoms with van der Waals surface area (Å²) in [6.07, 6.45) is 3.74. The van der Waals surface area contributed by atoms with Crippen LogP contribution in [0.5, 0.6) is 0 Å². The second-order valence-electron chi connectivity index (χ2n) is 10.7. The molecular weight excluding hydrogens is 752 g/mol. The average molecular weight is 785 g/mol. The molecule has 0 spiro atoms. The van der Waals surface area contributed by atoms with E-state index in [1.807, 2.05) is 44.3 Å². The maximum Gasteiger partial charge on any atom is 0 e. The van der Waals surface area contributed by atoms with E-state index >= 15 is 0 Å². The molecule has 6 heteroatoms. The van der Waals surface area contributed by atoms with Crippen molar-refractivity contribution >= 4 is 49.2 Å². The first-order valence-electron chi connectivity index (χ1n) is 13.4. The third kappa shape index (κ3) is 6.77. The summed E-state index contributed by atoms with van der Waals surface area (Å²) in [6, 6.07) is 31.3. The van der Waals surface area contributed by atoms with Crippen LogP contribution in [0.15, 0.2) is 91.3 Å². The zero-order valence-electron chi connectivity index (χ0n) is 24.2. The van der Waals surface area contributed by atoms with Crippen LogP contribution in [0.1, 0.15) is 26.7 Å². The van der Waals surface area contributed by atoms with Gasteiger partial charge in [0.15, 0.2) is 0 Å². The second-order valence-corrected chi connectivity index (χ2v) is 22.4. The van der Waals surface area contributed by atoms with E-state index in [0.717, 1.165) is 28.1 Å². The number of thiophene rings is 1. The summed E-state index contributed by atoms with van der Waals surface area (Å²) < 4.78 is 24.9. The van der Waals surface area contributed by atoms with Gasteiger partial charge in [-0.05, 0) is 33.8 Å². The molecule has 0 amide bonds. The van der Waals surface area contributed by atoms with Crippen LogP contribution in [0, 0.1) is 17.9 Å². The molecule has 6 rings (SSSR count). The van der Waals surface area contributed by atoms with E-state index in [2.05, 4.69) is 75.8 Å². The van der Waals surface area contributed by atoms with Gasteiger partial charge in [0.2, 0.25) is 0 Å². The Morgan fingerprint density at radius 3 is 2.38 bits per heavy atom. The molecule has 0 fully saturated rings. The molecular formula is C34H31FGeIrN2S-2. The van der Waals surface area contributed by atoms with Crippen LogP contribution in [0.4, 0.5) is 4.39 Å². The van der Waals surface area contributed by atoms with E-state index in [0.29, 0.717) is 0 Å². The molecule has 40 heavy (non-hydrogen) atoms. The van der Waals surface area contributed by atoms with Crippen LogP contribution in [0.3, 0.4) is 0 Å². The van der Waals surface area contributed by atoms with Gasteiger partial charge in [0, 0.05) is 32.4 Å². The molecule has 0 saturated heterocycles. The third-order valence-electron chi connectivity index (χ3n) is 6.61. The summed E-state index contributed by atoms with van der Waals surface area (Å²) in [6.45, 7) is 3.80. The molecule has 0 aliphatic rings. The number of halogens is 1. The molecule has 0 atom stereocenters. The monoisotopic (exact) mass is 786 g/mol. The minimum absolute atomic E-state index is 0. The molecule has 0 N–H and O–H groups in total. The van der Waals surface area contributed by atoms with Crippen LogP contribution in [-0.2, 0) is 20.1 Å². The molecule has 205 valence electrons. The molecule has 1 radical (unpaired) electrons. The van der Waals surface area contributed by atoms with Gasteiger partial charge in [-0.25, -0.2) is 0 Å². The van der Waals surface area contributed by atoms with Gasteiger partial charge in [0.1, 0.15) is 0 Å². The van der Waals surface area contributed by atoms with Gasteiger partial charge in [0.25, 0.3) is 0 Å². The zero-order chi connectivity index (χ0) is 28.5. The Labute approximate surface area is 257 Å². The maximum absolute atomic E-state index is 12.8. The first-order chi connectivity index (χ1) is 19.0. The summed E-state index contributed by atoms with van der Waals surface area (Å²) in [5.41, 5.74) is 4.56. The maximum atomic E-state index is 12.8. The summed E-state index contributed by atoms with van der Waals surface area (Å²) in [7, 11) is 0. The predicted octanol–water partition coefficient (Wildman–Crippen LogP) is 9.27. The molecule has 0 aliphatic heterocycles. The molecule has 0 bridgehead atoms. The summed E-state index contributed by atoms with van der Waals surface area (Å²) >= 11 is -0.00843. The minimum Gasteiger partial charge on any atom is 0 e. The Balaban J connectivity index is 0.000000193. The van der Waals surface area contributed by atoms with E-state index in [1.54, 1.807) is 23.6 Å². The van der Waals surface area contributed by atoms with Crippen molar-refractivity contribution < 1.29 is 25.9 Å². The average Bonchev–Trinajstić information content (AvgIpc) is 3.32. The van der Waals surface area contributed by atoms with Gasteiger partial charge in [-0.2, -0.15) is 11.3 Å². The second kappa shape index (κ2) is 12.9. The first kappa shape index (κ1) is 28.8. The van der Waals surface area contributed by atoms with Crippen molar-refractivity contribution in [2.75, 3.05) is 0 Å². The molecule has 2 nitrogen and oxygen atoms in total. The van der Waals surface area contributed by atoms with Gasteiger partial charge in [-0.15, -0.1) is 23.8 Å². The first-order valence-corrected chi connectivity index (χ1v) is 21.1. The van der Waals surface area contributed by atoms with Crippen LogP contribution < -0.4 is 4.40 Å². The number of benzene rings is 3.